The molecule has 2 aromatic carbocycles. The number of anilines is 1. The molecular weight excluding hydrogens is 411 g/mol. The topological polar surface area (TPSA) is 84.0 Å². The van der Waals surface area contributed by atoms with E-state index in [4.69, 9.17) is 4.74 Å². The van der Waals surface area contributed by atoms with Gasteiger partial charge in [-0.05, 0) is 56.3 Å². The highest BCUT2D eigenvalue weighted by Gasteiger charge is 2.29. The molecule has 0 aliphatic carbocycles. The minimum Gasteiger partial charge on any atom is -0.462 e. The normalized spacial score (nSPS) is 15.1. The van der Waals surface area contributed by atoms with E-state index in [1.54, 1.807) is 24.0 Å². The third-order valence-electron chi connectivity index (χ3n) is 4.94. The molecular formula is C21H23FN2O5S. The van der Waals surface area contributed by atoms with Gasteiger partial charge in [-0.2, -0.15) is 4.31 Å². The van der Waals surface area contributed by atoms with E-state index in [2.05, 4.69) is 0 Å². The highest BCUT2D eigenvalue weighted by Crippen LogP contribution is 2.24. The number of carbonyl (C=O) groups excluding carboxylic acids is 2. The summed E-state index contributed by atoms with van der Waals surface area (Å²) < 4.78 is 46.4. The molecule has 1 aliphatic heterocycles. The maximum atomic E-state index is 14.4. The van der Waals surface area contributed by atoms with E-state index in [0.29, 0.717) is 24.3 Å². The first kappa shape index (κ1) is 21.9. The highest BCUT2D eigenvalue weighted by atomic mass is 32.2. The molecule has 0 N–H and O–H groups in total. The van der Waals surface area contributed by atoms with Gasteiger partial charge in [0.1, 0.15) is 5.82 Å². The second-order valence-corrected chi connectivity index (χ2v) is 8.80. The fourth-order valence-corrected chi connectivity index (χ4v) is 4.70. The molecule has 0 saturated carbocycles. The van der Waals surface area contributed by atoms with Gasteiger partial charge in [-0.25, -0.2) is 17.6 Å². The Morgan fingerprint density at radius 3 is 2.13 bits per heavy atom. The Bertz CT molecular complexity index is 1050. The Hall–Kier alpha value is -2.78. The van der Waals surface area contributed by atoms with Crippen LogP contribution in [0, 0.1) is 5.82 Å². The molecule has 1 aliphatic rings. The van der Waals surface area contributed by atoms with E-state index < -0.39 is 21.8 Å². The molecule has 9 heteroatoms. The Morgan fingerprint density at radius 2 is 1.60 bits per heavy atom. The lowest BCUT2D eigenvalue weighted by molar-refractivity contribution is 0.0526. The number of esters is 1. The minimum atomic E-state index is -3.73. The lowest BCUT2D eigenvalue weighted by atomic mass is 10.1. The molecule has 0 bridgehead atoms. The first-order chi connectivity index (χ1) is 14.2. The van der Waals surface area contributed by atoms with Gasteiger partial charge in [0.05, 0.1) is 22.8 Å². The molecule has 7 nitrogen and oxygen atoms in total. The summed E-state index contributed by atoms with van der Waals surface area (Å²) in [6.07, 6.45) is 0. The van der Waals surface area contributed by atoms with Crippen LogP contribution < -0.4 is 4.90 Å². The van der Waals surface area contributed by atoms with Crippen molar-refractivity contribution >= 4 is 27.5 Å². The van der Waals surface area contributed by atoms with Gasteiger partial charge in [-0.15, -0.1) is 0 Å². The van der Waals surface area contributed by atoms with Crippen LogP contribution >= 0.6 is 0 Å². The van der Waals surface area contributed by atoms with Crippen molar-refractivity contribution in [3.63, 3.8) is 0 Å². The predicted molar refractivity (Wildman–Crippen MR) is 110 cm³/mol. The fraction of sp³-hybridized carbons (Fsp3) is 0.333. The summed E-state index contributed by atoms with van der Waals surface area (Å²) in [7, 11) is -3.73. The molecule has 0 unspecified atom stereocenters. The Balaban J connectivity index is 1.69. The number of benzene rings is 2. The number of nitrogens with zero attached hydrogens (tertiary/aromatic N) is 2. The molecule has 3 rings (SSSR count). The summed E-state index contributed by atoms with van der Waals surface area (Å²) in [5.41, 5.74) is 0.921. The molecule has 2 aromatic rings. The van der Waals surface area contributed by atoms with Crippen LogP contribution in [0.25, 0.3) is 0 Å². The maximum Gasteiger partial charge on any atom is 0.338 e. The smallest absolute Gasteiger partial charge is 0.338 e. The van der Waals surface area contributed by atoms with E-state index >= 15 is 0 Å². The monoisotopic (exact) mass is 434 g/mol. The zero-order valence-electron chi connectivity index (χ0n) is 16.8. The van der Waals surface area contributed by atoms with E-state index in [9.17, 15) is 22.4 Å². The summed E-state index contributed by atoms with van der Waals surface area (Å²) in [4.78, 5) is 25.0. The van der Waals surface area contributed by atoms with Gasteiger partial charge >= 0.3 is 5.97 Å². The van der Waals surface area contributed by atoms with Crippen LogP contribution in [0.5, 0.6) is 0 Å². The number of rotatable bonds is 6. The van der Waals surface area contributed by atoms with Crippen LogP contribution in [0.2, 0.25) is 0 Å². The van der Waals surface area contributed by atoms with Gasteiger partial charge < -0.3 is 9.64 Å². The number of hydrogen-bond donors (Lipinski definition) is 0. The summed E-state index contributed by atoms with van der Waals surface area (Å²) in [6.45, 7) is 4.32. The van der Waals surface area contributed by atoms with Crippen LogP contribution in [0.3, 0.4) is 0 Å². The van der Waals surface area contributed by atoms with E-state index in [1.807, 2.05) is 0 Å². The molecule has 1 fully saturated rings. The molecule has 160 valence electrons. The number of ether oxygens (including phenoxy) is 1. The predicted octanol–water partition coefficient (Wildman–Crippen LogP) is 2.72. The van der Waals surface area contributed by atoms with E-state index in [-0.39, 0.29) is 35.9 Å². The molecule has 0 radical (unpaired) electrons. The molecule has 1 saturated heterocycles. The fourth-order valence-electron chi connectivity index (χ4n) is 3.28. The molecule has 0 amide bonds. The van der Waals surface area contributed by atoms with Crippen LogP contribution in [-0.2, 0) is 14.8 Å². The number of carbonyl (C=O) groups is 2. The van der Waals surface area contributed by atoms with Gasteiger partial charge in [0.2, 0.25) is 10.0 Å². The number of hydrogen-bond acceptors (Lipinski definition) is 6. The first-order valence-electron chi connectivity index (χ1n) is 9.57. The van der Waals surface area contributed by atoms with Crippen molar-refractivity contribution in [1.29, 1.82) is 0 Å². The van der Waals surface area contributed by atoms with Crippen LogP contribution in [0.1, 0.15) is 34.6 Å². The molecule has 30 heavy (non-hydrogen) atoms. The quantitative estimate of drug-likeness (QED) is 0.514. The first-order valence-corrected chi connectivity index (χ1v) is 11.0. The van der Waals surface area contributed by atoms with Gasteiger partial charge in [-0.3, -0.25) is 4.79 Å². The third-order valence-corrected chi connectivity index (χ3v) is 6.85. The lowest BCUT2D eigenvalue weighted by Crippen LogP contribution is -2.48. The average molecular weight is 434 g/mol. The van der Waals surface area contributed by atoms with Crippen molar-refractivity contribution in [2.75, 3.05) is 37.7 Å². The van der Waals surface area contributed by atoms with Gasteiger partial charge in [0, 0.05) is 31.7 Å². The second-order valence-electron chi connectivity index (χ2n) is 6.86. The number of piperazine rings is 1. The highest BCUT2D eigenvalue weighted by molar-refractivity contribution is 7.89. The number of Topliss-reactive ketones (excluding diaryl/α,β-unsaturated/α-hetero) is 1. The summed E-state index contributed by atoms with van der Waals surface area (Å²) in [5.74, 6) is -1.23. The standard InChI is InChI=1S/C21H23FN2O5S/c1-3-29-21(26)16-4-7-18(8-5-16)30(27,28)24-12-10-23(11-13-24)20-9-6-17(15(2)25)14-19(20)22/h4-9,14H,3,10-13H2,1-2H3. The van der Waals surface area contributed by atoms with E-state index in [1.165, 1.54) is 41.6 Å². The van der Waals surface area contributed by atoms with Gasteiger partial charge in [-0.1, -0.05) is 0 Å². The Morgan fingerprint density at radius 1 is 1.00 bits per heavy atom. The zero-order chi connectivity index (χ0) is 21.9. The van der Waals surface area contributed by atoms with E-state index in [0.717, 1.165) is 0 Å². The second kappa shape index (κ2) is 8.93. The molecule has 0 aromatic heterocycles. The minimum absolute atomic E-state index is 0.0843. The van der Waals surface area contributed by atoms with Crippen molar-refractivity contribution in [2.24, 2.45) is 0 Å². The van der Waals surface area contributed by atoms with Crippen molar-refractivity contribution < 1.29 is 27.1 Å². The summed E-state index contributed by atoms with van der Waals surface area (Å²) >= 11 is 0. The van der Waals surface area contributed by atoms with Crippen molar-refractivity contribution in [1.82, 2.24) is 4.31 Å². The molecule has 0 atom stereocenters. The maximum absolute atomic E-state index is 14.4. The summed E-state index contributed by atoms with van der Waals surface area (Å²) in [6, 6.07) is 9.92. The average Bonchev–Trinajstić information content (AvgIpc) is 2.74. The largest absolute Gasteiger partial charge is 0.462 e. The molecule has 1 heterocycles. The number of ketones is 1. The zero-order valence-corrected chi connectivity index (χ0v) is 17.6. The third kappa shape index (κ3) is 4.52. The number of halogens is 1. The van der Waals surface area contributed by atoms with Crippen molar-refractivity contribution in [2.45, 2.75) is 18.7 Å². The Labute approximate surface area is 175 Å². The van der Waals surface area contributed by atoms with Gasteiger partial charge in [0.25, 0.3) is 0 Å². The van der Waals surface area contributed by atoms with Gasteiger partial charge in [0.15, 0.2) is 5.78 Å². The van der Waals surface area contributed by atoms with Crippen LogP contribution in [0.4, 0.5) is 10.1 Å². The van der Waals surface area contributed by atoms with Crippen LogP contribution in [-0.4, -0.2) is 57.3 Å². The van der Waals surface area contributed by atoms with Crippen molar-refractivity contribution in [3.8, 4) is 0 Å². The van der Waals surface area contributed by atoms with Crippen LogP contribution in [0.15, 0.2) is 47.4 Å². The summed E-state index contributed by atoms with van der Waals surface area (Å²) in [5, 5.41) is 0. The lowest BCUT2D eigenvalue weighted by Gasteiger charge is -2.35. The van der Waals surface area contributed by atoms with Crippen molar-refractivity contribution in [3.05, 3.63) is 59.4 Å². The SMILES string of the molecule is CCOC(=O)c1ccc(S(=O)(=O)N2CCN(c3ccc(C(C)=O)cc3F)CC2)cc1. The molecule has 0 spiro atoms. The Kier molecular flexibility index (Phi) is 6.52. The number of sulfonamides is 1.